The van der Waals surface area contributed by atoms with Gasteiger partial charge in [-0.15, -0.1) is 0 Å². The van der Waals surface area contributed by atoms with Crippen molar-refractivity contribution in [1.29, 1.82) is 0 Å². The molecule has 0 atom stereocenters. The van der Waals surface area contributed by atoms with Crippen molar-refractivity contribution in [2.45, 2.75) is 13.8 Å². The topological polar surface area (TPSA) is 52.7 Å². The van der Waals surface area contributed by atoms with Crippen LogP contribution in [-0.2, 0) is 9.59 Å². The summed E-state index contributed by atoms with van der Waals surface area (Å²) in [5.74, 6) is -0.349. The van der Waals surface area contributed by atoms with E-state index in [9.17, 15) is 9.59 Å². The minimum atomic E-state index is -0.233. The Bertz CT molecular complexity index is 518. The van der Waals surface area contributed by atoms with Crippen molar-refractivity contribution in [2.75, 3.05) is 39.0 Å². The van der Waals surface area contributed by atoms with E-state index in [-0.39, 0.29) is 18.4 Å². The van der Waals surface area contributed by atoms with E-state index in [2.05, 4.69) is 5.32 Å². The minimum absolute atomic E-state index is 0.0364. The maximum Gasteiger partial charge on any atom is 0.243 e. The molecule has 0 bridgehead atoms. The van der Waals surface area contributed by atoms with Crippen molar-refractivity contribution < 1.29 is 9.59 Å². The summed E-state index contributed by atoms with van der Waals surface area (Å²) in [4.78, 5) is 27.0. The fraction of sp³-hybridized carbons (Fsp3) is 0.467. The van der Waals surface area contributed by atoms with Crippen molar-refractivity contribution in [3.8, 4) is 0 Å². The van der Waals surface area contributed by atoms with E-state index in [1.54, 1.807) is 12.1 Å². The van der Waals surface area contributed by atoms with Gasteiger partial charge >= 0.3 is 0 Å². The first-order chi connectivity index (χ1) is 9.79. The molecule has 5 nitrogen and oxygen atoms in total. The first-order valence-electron chi connectivity index (χ1n) is 6.76. The summed E-state index contributed by atoms with van der Waals surface area (Å²) in [6.45, 7) is 4.63. The van der Waals surface area contributed by atoms with Gasteiger partial charge in [-0.05, 0) is 38.7 Å². The normalized spacial score (nSPS) is 10.6. The largest absolute Gasteiger partial charge is 0.332 e. The van der Waals surface area contributed by atoms with Gasteiger partial charge in [0.15, 0.2) is 0 Å². The average molecular weight is 312 g/mol. The maximum absolute atomic E-state index is 12.0. The number of hydrogen-bond donors (Lipinski definition) is 1. The summed E-state index contributed by atoms with van der Waals surface area (Å²) in [7, 11) is 3.85. The number of anilines is 1. The number of aryl methyl sites for hydroxylation is 1. The molecule has 0 unspecified atom stereocenters. The first kappa shape index (κ1) is 17.5. The molecule has 0 aliphatic heterocycles. The maximum atomic E-state index is 12.0. The molecular weight excluding hydrogens is 290 g/mol. The number of nitrogens with one attached hydrogen (secondary N) is 1. The van der Waals surface area contributed by atoms with Crippen molar-refractivity contribution >= 4 is 29.1 Å². The third kappa shape index (κ3) is 6.14. The zero-order chi connectivity index (χ0) is 16.0. The fourth-order valence-corrected chi connectivity index (χ4v) is 1.89. The van der Waals surface area contributed by atoms with Crippen LogP contribution in [0.5, 0.6) is 0 Å². The molecule has 116 valence electrons. The summed E-state index contributed by atoms with van der Waals surface area (Å²) in [5.41, 5.74) is 1.58. The Labute approximate surface area is 130 Å². The summed E-state index contributed by atoms with van der Waals surface area (Å²) in [6, 6.07) is 5.33. The standard InChI is InChI=1S/C15H22ClN3O2/c1-11-5-6-13(9-14(11)16)17-15(21)10-19(12(2)20)8-7-18(3)4/h5-6,9H,7-8,10H2,1-4H3,(H,17,21). The minimum Gasteiger partial charge on any atom is -0.332 e. The SMILES string of the molecule is CC(=O)N(CCN(C)C)CC(=O)Nc1ccc(C)c(Cl)c1. The van der Waals surface area contributed by atoms with Gasteiger partial charge in [-0.3, -0.25) is 9.59 Å². The smallest absolute Gasteiger partial charge is 0.243 e. The molecule has 1 rings (SSSR count). The van der Waals surface area contributed by atoms with Crippen LogP contribution in [0.3, 0.4) is 0 Å². The Morgan fingerprint density at radius 2 is 1.90 bits per heavy atom. The number of carbonyl (C=O) groups excluding carboxylic acids is 2. The first-order valence-corrected chi connectivity index (χ1v) is 7.13. The second-order valence-corrected chi connectivity index (χ2v) is 5.66. The number of rotatable bonds is 6. The van der Waals surface area contributed by atoms with Gasteiger partial charge in [0.2, 0.25) is 11.8 Å². The van der Waals surface area contributed by atoms with E-state index in [0.717, 1.165) is 5.56 Å². The molecule has 0 aliphatic carbocycles. The van der Waals surface area contributed by atoms with Crippen LogP contribution in [-0.4, -0.2) is 55.3 Å². The molecule has 1 aromatic rings. The van der Waals surface area contributed by atoms with Gasteiger partial charge in [0.25, 0.3) is 0 Å². The number of likely N-dealkylation sites (N-methyl/N-ethyl adjacent to an activating group) is 1. The number of amides is 2. The molecule has 2 amide bonds. The highest BCUT2D eigenvalue weighted by molar-refractivity contribution is 6.31. The van der Waals surface area contributed by atoms with Gasteiger partial charge in [-0.2, -0.15) is 0 Å². The number of carbonyl (C=O) groups is 2. The number of hydrogen-bond acceptors (Lipinski definition) is 3. The van der Waals surface area contributed by atoms with Gasteiger partial charge in [-0.1, -0.05) is 17.7 Å². The Morgan fingerprint density at radius 1 is 1.24 bits per heavy atom. The van der Waals surface area contributed by atoms with Crippen LogP contribution in [0.2, 0.25) is 5.02 Å². The van der Waals surface area contributed by atoms with E-state index in [0.29, 0.717) is 23.8 Å². The molecule has 0 saturated carbocycles. The summed E-state index contributed by atoms with van der Waals surface area (Å²) in [5, 5.41) is 3.35. The monoisotopic (exact) mass is 311 g/mol. The zero-order valence-electron chi connectivity index (χ0n) is 12.9. The van der Waals surface area contributed by atoms with E-state index in [4.69, 9.17) is 11.6 Å². The average Bonchev–Trinajstić information content (AvgIpc) is 2.38. The molecule has 0 heterocycles. The quantitative estimate of drug-likeness (QED) is 0.874. The van der Waals surface area contributed by atoms with Crippen LogP contribution in [0, 0.1) is 6.92 Å². The number of nitrogens with zero attached hydrogens (tertiary/aromatic N) is 2. The van der Waals surface area contributed by atoms with Crippen molar-refractivity contribution in [2.24, 2.45) is 0 Å². The van der Waals surface area contributed by atoms with Crippen molar-refractivity contribution in [3.05, 3.63) is 28.8 Å². The summed E-state index contributed by atoms with van der Waals surface area (Å²) < 4.78 is 0. The Balaban J connectivity index is 2.60. The zero-order valence-corrected chi connectivity index (χ0v) is 13.7. The van der Waals surface area contributed by atoms with Gasteiger partial charge in [0, 0.05) is 30.7 Å². The van der Waals surface area contributed by atoms with Crippen LogP contribution in [0.1, 0.15) is 12.5 Å². The Morgan fingerprint density at radius 3 is 2.43 bits per heavy atom. The van der Waals surface area contributed by atoms with Crippen LogP contribution in [0.4, 0.5) is 5.69 Å². The fourth-order valence-electron chi connectivity index (χ4n) is 1.71. The van der Waals surface area contributed by atoms with Crippen LogP contribution in [0.25, 0.3) is 0 Å². The number of benzene rings is 1. The van der Waals surface area contributed by atoms with E-state index < -0.39 is 0 Å². The third-order valence-electron chi connectivity index (χ3n) is 3.05. The Kier molecular flexibility index (Phi) is 6.65. The predicted molar refractivity (Wildman–Crippen MR) is 85.6 cm³/mol. The highest BCUT2D eigenvalue weighted by Crippen LogP contribution is 2.19. The van der Waals surface area contributed by atoms with Crippen LogP contribution >= 0.6 is 11.6 Å². The molecule has 0 radical (unpaired) electrons. The molecule has 0 saturated heterocycles. The highest BCUT2D eigenvalue weighted by Gasteiger charge is 2.14. The second kappa shape index (κ2) is 8.00. The molecule has 21 heavy (non-hydrogen) atoms. The number of halogens is 1. The predicted octanol–water partition coefficient (Wildman–Crippen LogP) is 2.00. The molecule has 0 aliphatic rings. The van der Waals surface area contributed by atoms with E-state index in [1.165, 1.54) is 11.8 Å². The Hall–Kier alpha value is -1.59. The molecule has 1 N–H and O–H groups in total. The second-order valence-electron chi connectivity index (χ2n) is 5.26. The van der Waals surface area contributed by atoms with Gasteiger partial charge < -0.3 is 15.1 Å². The lowest BCUT2D eigenvalue weighted by atomic mass is 10.2. The van der Waals surface area contributed by atoms with Gasteiger partial charge in [0.05, 0.1) is 6.54 Å². The van der Waals surface area contributed by atoms with Crippen molar-refractivity contribution in [1.82, 2.24) is 9.80 Å². The lowest BCUT2D eigenvalue weighted by Crippen LogP contribution is -2.40. The van der Waals surface area contributed by atoms with Crippen molar-refractivity contribution in [3.63, 3.8) is 0 Å². The summed E-state index contributed by atoms with van der Waals surface area (Å²) in [6.07, 6.45) is 0. The van der Waals surface area contributed by atoms with Gasteiger partial charge in [0.1, 0.15) is 0 Å². The molecule has 0 aromatic heterocycles. The molecule has 0 fully saturated rings. The van der Waals surface area contributed by atoms with Crippen LogP contribution < -0.4 is 5.32 Å². The molecule has 0 spiro atoms. The van der Waals surface area contributed by atoms with E-state index in [1.807, 2.05) is 32.0 Å². The molecule has 1 aromatic carbocycles. The van der Waals surface area contributed by atoms with Crippen LogP contribution in [0.15, 0.2) is 18.2 Å². The third-order valence-corrected chi connectivity index (χ3v) is 3.46. The summed E-state index contributed by atoms with van der Waals surface area (Å²) >= 11 is 6.02. The van der Waals surface area contributed by atoms with E-state index >= 15 is 0 Å². The lowest BCUT2D eigenvalue weighted by molar-refractivity contribution is -0.132. The lowest BCUT2D eigenvalue weighted by Gasteiger charge is -2.22. The van der Waals surface area contributed by atoms with Gasteiger partial charge in [-0.25, -0.2) is 0 Å². The molecule has 6 heteroatoms. The highest BCUT2D eigenvalue weighted by atomic mass is 35.5. The molecular formula is C15H22ClN3O2.